The minimum atomic E-state index is -0.828. The predicted molar refractivity (Wildman–Crippen MR) is 83.0 cm³/mol. The van der Waals surface area contributed by atoms with Gasteiger partial charge in [-0.2, -0.15) is 5.10 Å². The average Bonchev–Trinajstić information content (AvgIpc) is 3.10. The number of nitrogens with one attached hydrogen (secondary N) is 1. The topological polar surface area (TPSA) is 42.7 Å². The third-order valence-electron chi connectivity index (χ3n) is 3.67. The first kappa shape index (κ1) is 15.3. The lowest BCUT2D eigenvalue weighted by molar-refractivity contribution is 0.504. The maximum absolute atomic E-state index is 13.2. The van der Waals surface area contributed by atoms with Crippen LogP contribution in [0.2, 0.25) is 0 Å². The third kappa shape index (κ3) is 3.60. The number of hydrogen-bond donors (Lipinski definition) is 1. The van der Waals surface area contributed by atoms with Crippen molar-refractivity contribution in [3.63, 3.8) is 0 Å². The van der Waals surface area contributed by atoms with E-state index in [4.69, 9.17) is 0 Å². The highest BCUT2D eigenvalue weighted by atomic mass is 19.2. The first-order valence-corrected chi connectivity index (χ1v) is 7.26. The molecular weight excluding hydrogens is 298 g/mol. The zero-order valence-corrected chi connectivity index (χ0v) is 12.6. The van der Waals surface area contributed by atoms with E-state index in [9.17, 15) is 8.78 Å². The number of nitrogens with zero attached hydrogens (tertiary/aromatic N) is 3. The molecule has 0 saturated heterocycles. The molecule has 1 aromatic heterocycles. The van der Waals surface area contributed by atoms with Crippen LogP contribution in [0.15, 0.2) is 55.1 Å². The van der Waals surface area contributed by atoms with Crippen LogP contribution in [-0.2, 0) is 6.54 Å². The van der Waals surface area contributed by atoms with E-state index < -0.39 is 11.6 Å². The number of hydrogen-bond acceptors (Lipinski definition) is 3. The summed E-state index contributed by atoms with van der Waals surface area (Å²) in [4.78, 5) is 3.91. The van der Waals surface area contributed by atoms with Crippen molar-refractivity contribution in [1.29, 1.82) is 0 Å². The largest absolute Gasteiger partial charge is 0.306 e. The van der Waals surface area contributed by atoms with Crippen molar-refractivity contribution >= 4 is 0 Å². The number of halogens is 2. The Balaban J connectivity index is 1.63. The van der Waals surface area contributed by atoms with Gasteiger partial charge >= 0.3 is 0 Å². The Labute approximate surface area is 132 Å². The molecule has 3 aromatic rings. The molecule has 2 aromatic carbocycles. The first-order valence-electron chi connectivity index (χ1n) is 7.26. The van der Waals surface area contributed by atoms with Crippen LogP contribution in [0.3, 0.4) is 0 Å². The first-order chi connectivity index (χ1) is 11.1. The minimum absolute atomic E-state index is 0.0768. The van der Waals surface area contributed by atoms with Crippen LogP contribution in [0.1, 0.15) is 24.1 Å². The summed E-state index contributed by atoms with van der Waals surface area (Å²) in [5.74, 6) is -1.65. The highest BCUT2D eigenvalue weighted by molar-refractivity contribution is 5.34. The van der Waals surface area contributed by atoms with E-state index in [0.717, 1.165) is 17.3 Å². The van der Waals surface area contributed by atoms with Crippen LogP contribution in [-0.4, -0.2) is 14.8 Å². The van der Waals surface area contributed by atoms with Gasteiger partial charge in [0.2, 0.25) is 0 Å². The van der Waals surface area contributed by atoms with Crippen molar-refractivity contribution in [2.24, 2.45) is 0 Å². The Bertz CT molecular complexity index is 770. The monoisotopic (exact) mass is 314 g/mol. The number of rotatable bonds is 5. The third-order valence-corrected chi connectivity index (χ3v) is 3.67. The van der Waals surface area contributed by atoms with E-state index in [2.05, 4.69) is 15.4 Å². The summed E-state index contributed by atoms with van der Waals surface area (Å²) in [7, 11) is 0. The van der Waals surface area contributed by atoms with Crippen LogP contribution in [0, 0.1) is 11.6 Å². The highest BCUT2D eigenvalue weighted by Gasteiger charge is 2.07. The molecule has 1 atom stereocenters. The second kappa shape index (κ2) is 6.66. The van der Waals surface area contributed by atoms with Gasteiger partial charge in [-0.1, -0.05) is 18.2 Å². The second-order valence-corrected chi connectivity index (χ2v) is 5.28. The molecule has 0 bridgehead atoms. The number of benzene rings is 2. The van der Waals surface area contributed by atoms with Gasteiger partial charge in [0.05, 0.1) is 5.69 Å². The van der Waals surface area contributed by atoms with Crippen molar-refractivity contribution in [3.8, 4) is 5.69 Å². The molecule has 1 heterocycles. The Kier molecular flexibility index (Phi) is 4.43. The molecule has 1 unspecified atom stereocenters. The van der Waals surface area contributed by atoms with E-state index in [1.54, 1.807) is 17.1 Å². The molecular formula is C17H16F2N4. The average molecular weight is 314 g/mol. The van der Waals surface area contributed by atoms with Gasteiger partial charge in [-0.15, -0.1) is 0 Å². The van der Waals surface area contributed by atoms with Crippen LogP contribution < -0.4 is 5.32 Å². The standard InChI is InChI=1S/C17H16F2N4/c1-12(21-9-13-2-7-16(18)17(19)8-13)14-3-5-15(6-4-14)23-11-20-10-22-23/h2-8,10-12,21H,9H2,1H3. The van der Waals surface area contributed by atoms with Gasteiger partial charge in [0.25, 0.3) is 0 Å². The Morgan fingerprint density at radius 2 is 1.87 bits per heavy atom. The minimum Gasteiger partial charge on any atom is -0.306 e. The molecule has 118 valence electrons. The lowest BCUT2D eigenvalue weighted by Gasteiger charge is -2.15. The molecule has 0 aliphatic rings. The summed E-state index contributed by atoms with van der Waals surface area (Å²) in [5.41, 5.74) is 2.73. The normalized spacial score (nSPS) is 12.3. The fourth-order valence-electron chi connectivity index (χ4n) is 2.30. The van der Waals surface area contributed by atoms with Gasteiger partial charge in [-0.3, -0.25) is 0 Å². The van der Waals surface area contributed by atoms with Crippen molar-refractivity contribution in [3.05, 3.63) is 77.9 Å². The summed E-state index contributed by atoms with van der Waals surface area (Å²) in [6.45, 7) is 2.48. The van der Waals surface area contributed by atoms with Gasteiger partial charge in [0.1, 0.15) is 12.7 Å². The molecule has 4 nitrogen and oxygen atoms in total. The highest BCUT2D eigenvalue weighted by Crippen LogP contribution is 2.16. The molecule has 0 aliphatic carbocycles. The molecule has 0 fully saturated rings. The fourth-order valence-corrected chi connectivity index (χ4v) is 2.30. The quantitative estimate of drug-likeness (QED) is 0.785. The zero-order valence-electron chi connectivity index (χ0n) is 12.6. The smallest absolute Gasteiger partial charge is 0.159 e. The van der Waals surface area contributed by atoms with Crippen LogP contribution in [0.25, 0.3) is 5.69 Å². The predicted octanol–water partition coefficient (Wildman–Crippen LogP) is 3.40. The van der Waals surface area contributed by atoms with Crippen LogP contribution >= 0.6 is 0 Å². The second-order valence-electron chi connectivity index (χ2n) is 5.28. The zero-order chi connectivity index (χ0) is 16.2. The van der Waals surface area contributed by atoms with E-state index in [1.807, 2.05) is 31.2 Å². The fraction of sp³-hybridized carbons (Fsp3) is 0.176. The molecule has 0 amide bonds. The molecule has 0 spiro atoms. The maximum Gasteiger partial charge on any atom is 0.159 e. The van der Waals surface area contributed by atoms with Gasteiger partial charge in [0, 0.05) is 12.6 Å². The van der Waals surface area contributed by atoms with Crippen molar-refractivity contribution in [2.75, 3.05) is 0 Å². The maximum atomic E-state index is 13.2. The van der Waals surface area contributed by atoms with E-state index >= 15 is 0 Å². The van der Waals surface area contributed by atoms with Crippen molar-refractivity contribution < 1.29 is 8.78 Å². The van der Waals surface area contributed by atoms with Gasteiger partial charge in [-0.25, -0.2) is 18.4 Å². The summed E-state index contributed by atoms with van der Waals surface area (Å²) in [5, 5.41) is 7.37. The summed E-state index contributed by atoms with van der Waals surface area (Å²) < 4.78 is 27.8. The molecule has 0 saturated carbocycles. The Hall–Kier alpha value is -2.60. The van der Waals surface area contributed by atoms with Crippen molar-refractivity contribution in [1.82, 2.24) is 20.1 Å². The summed E-state index contributed by atoms with van der Waals surface area (Å²) >= 11 is 0. The van der Waals surface area contributed by atoms with Crippen molar-refractivity contribution in [2.45, 2.75) is 19.5 Å². The lowest BCUT2D eigenvalue weighted by Crippen LogP contribution is -2.18. The molecule has 3 rings (SSSR count). The Morgan fingerprint density at radius 1 is 1.09 bits per heavy atom. The van der Waals surface area contributed by atoms with E-state index in [-0.39, 0.29) is 6.04 Å². The molecule has 0 radical (unpaired) electrons. The van der Waals surface area contributed by atoms with E-state index in [1.165, 1.54) is 12.4 Å². The van der Waals surface area contributed by atoms with Gasteiger partial charge < -0.3 is 5.32 Å². The van der Waals surface area contributed by atoms with Crippen LogP contribution in [0.5, 0.6) is 0 Å². The Morgan fingerprint density at radius 3 is 2.52 bits per heavy atom. The van der Waals surface area contributed by atoms with Gasteiger partial charge in [-0.05, 0) is 42.3 Å². The van der Waals surface area contributed by atoms with E-state index in [0.29, 0.717) is 12.1 Å². The van der Waals surface area contributed by atoms with Crippen LogP contribution in [0.4, 0.5) is 8.78 Å². The number of aromatic nitrogens is 3. The molecule has 23 heavy (non-hydrogen) atoms. The van der Waals surface area contributed by atoms with Gasteiger partial charge in [0.15, 0.2) is 11.6 Å². The summed E-state index contributed by atoms with van der Waals surface area (Å²) in [6.07, 6.45) is 3.12. The lowest BCUT2D eigenvalue weighted by atomic mass is 10.1. The molecule has 1 N–H and O–H groups in total. The molecule has 0 aliphatic heterocycles. The summed E-state index contributed by atoms with van der Waals surface area (Å²) in [6, 6.07) is 11.9. The SMILES string of the molecule is CC(NCc1ccc(F)c(F)c1)c1ccc(-n2cncn2)cc1. The molecule has 6 heteroatoms.